The van der Waals surface area contributed by atoms with Gasteiger partial charge in [-0.05, 0) is 59.2 Å². The van der Waals surface area contributed by atoms with Crippen LogP contribution in [0.25, 0.3) is 17.0 Å². The molecule has 4 aromatic rings. The second-order valence-corrected chi connectivity index (χ2v) is 9.37. The number of nitrogens with zero attached hydrogens (tertiary/aromatic N) is 4. The van der Waals surface area contributed by atoms with Gasteiger partial charge in [0.2, 0.25) is 5.95 Å². The first kappa shape index (κ1) is 27.0. The van der Waals surface area contributed by atoms with Gasteiger partial charge in [-0.25, -0.2) is 14.2 Å². The highest BCUT2D eigenvalue weighted by atomic mass is 19.4. The van der Waals surface area contributed by atoms with Gasteiger partial charge in [-0.2, -0.15) is 22.8 Å². The molecule has 0 saturated heterocycles. The van der Waals surface area contributed by atoms with E-state index in [0.717, 1.165) is 12.1 Å². The van der Waals surface area contributed by atoms with Gasteiger partial charge < -0.3 is 5.32 Å². The Morgan fingerprint density at radius 3 is 2.67 bits per heavy atom. The first-order chi connectivity index (χ1) is 19.1. The van der Waals surface area contributed by atoms with Crippen LogP contribution in [0, 0.1) is 23.1 Å². The number of aromatic nitrogens is 2. The fourth-order valence-corrected chi connectivity index (χ4v) is 4.85. The third kappa shape index (κ3) is 5.58. The molecule has 2 aromatic carbocycles. The summed E-state index contributed by atoms with van der Waals surface area (Å²) in [7, 11) is 0. The van der Waals surface area contributed by atoms with Crippen molar-refractivity contribution in [2.75, 3.05) is 13.1 Å². The number of benzene rings is 2. The first-order valence-electron chi connectivity index (χ1n) is 12.3. The van der Waals surface area contributed by atoms with Crippen molar-refractivity contribution < 1.29 is 26.7 Å². The van der Waals surface area contributed by atoms with Gasteiger partial charge in [0.1, 0.15) is 11.9 Å². The van der Waals surface area contributed by atoms with Crippen LogP contribution in [0.2, 0.25) is 0 Å². The average molecular weight is 552 g/mol. The van der Waals surface area contributed by atoms with E-state index in [1.165, 1.54) is 35.0 Å². The number of halogens is 5. The van der Waals surface area contributed by atoms with Crippen molar-refractivity contribution in [1.82, 2.24) is 19.8 Å². The Kier molecular flexibility index (Phi) is 7.36. The van der Waals surface area contributed by atoms with Crippen LogP contribution in [0.5, 0.6) is 0 Å². The number of nitrogens with one attached hydrogen (secondary N) is 1. The van der Waals surface area contributed by atoms with E-state index in [1.807, 2.05) is 11.0 Å². The van der Waals surface area contributed by atoms with Gasteiger partial charge >= 0.3 is 12.2 Å². The van der Waals surface area contributed by atoms with Crippen molar-refractivity contribution in [3.05, 3.63) is 106 Å². The molecular formula is C29H22F5N5O. The average Bonchev–Trinajstić information content (AvgIpc) is 3.25. The molecule has 1 amide bonds. The quantitative estimate of drug-likeness (QED) is 0.243. The van der Waals surface area contributed by atoms with Gasteiger partial charge in [0.15, 0.2) is 0 Å². The monoisotopic (exact) mass is 551 g/mol. The highest BCUT2D eigenvalue weighted by Gasteiger charge is 2.33. The van der Waals surface area contributed by atoms with Crippen molar-refractivity contribution in [3.63, 3.8) is 0 Å². The Balaban J connectivity index is 1.41. The van der Waals surface area contributed by atoms with E-state index in [4.69, 9.17) is 5.26 Å². The molecule has 0 radical (unpaired) electrons. The molecule has 0 saturated carbocycles. The van der Waals surface area contributed by atoms with Gasteiger partial charge in [-0.15, -0.1) is 0 Å². The second kappa shape index (κ2) is 10.9. The Morgan fingerprint density at radius 2 is 1.95 bits per heavy atom. The molecule has 1 aliphatic heterocycles. The fourth-order valence-electron chi connectivity index (χ4n) is 4.85. The Labute approximate surface area is 226 Å². The third-order valence-electron chi connectivity index (χ3n) is 6.78. The molecule has 1 aliphatic rings. The van der Waals surface area contributed by atoms with Crippen LogP contribution < -0.4 is 5.32 Å². The topological polar surface area (TPSA) is 74.0 Å². The minimum atomic E-state index is -4.55. The number of amides is 1. The maximum absolute atomic E-state index is 13.9. The SMILES string of the molecule is N#Cc1ccc(C=CCN2CCc3c(c4cc(C(F)(F)F)ccc4n3C(=O)NCc3ccnc(F)c3)C2)cc1F. The van der Waals surface area contributed by atoms with Crippen molar-refractivity contribution in [2.45, 2.75) is 25.7 Å². The molecule has 0 unspecified atom stereocenters. The molecule has 0 atom stereocenters. The zero-order chi connectivity index (χ0) is 28.4. The van der Waals surface area contributed by atoms with Crippen LogP contribution in [0.15, 0.2) is 60.8 Å². The number of pyridine rings is 1. The summed E-state index contributed by atoms with van der Waals surface area (Å²) >= 11 is 0. The van der Waals surface area contributed by atoms with E-state index >= 15 is 0 Å². The fraction of sp³-hybridized carbons (Fsp3) is 0.207. The highest BCUT2D eigenvalue weighted by Crippen LogP contribution is 2.36. The van der Waals surface area contributed by atoms with Crippen LogP contribution in [0.3, 0.4) is 0 Å². The van der Waals surface area contributed by atoms with Crippen LogP contribution in [-0.4, -0.2) is 33.6 Å². The van der Waals surface area contributed by atoms with Crippen molar-refractivity contribution in [2.24, 2.45) is 0 Å². The molecule has 204 valence electrons. The predicted molar refractivity (Wildman–Crippen MR) is 138 cm³/mol. The minimum absolute atomic E-state index is 0.0141. The summed E-state index contributed by atoms with van der Waals surface area (Å²) in [5, 5.41) is 11.9. The lowest BCUT2D eigenvalue weighted by atomic mass is 10.0. The summed E-state index contributed by atoms with van der Waals surface area (Å²) in [4.78, 5) is 18.8. The van der Waals surface area contributed by atoms with E-state index in [2.05, 4.69) is 10.3 Å². The van der Waals surface area contributed by atoms with E-state index < -0.39 is 29.5 Å². The maximum atomic E-state index is 13.9. The van der Waals surface area contributed by atoms with Crippen molar-refractivity contribution >= 4 is 23.0 Å². The second-order valence-electron chi connectivity index (χ2n) is 9.37. The van der Waals surface area contributed by atoms with E-state index in [-0.39, 0.29) is 12.1 Å². The number of nitriles is 1. The number of hydrogen-bond acceptors (Lipinski definition) is 4. The molecular weight excluding hydrogens is 529 g/mol. The Morgan fingerprint density at radius 1 is 1.12 bits per heavy atom. The molecule has 2 aromatic heterocycles. The number of alkyl halides is 3. The lowest BCUT2D eigenvalue weighted by molar-refractivity contribution is -0.137. The first-order valence-corrected chi connectivity index (χ1v) is 12.3. The molecule has 0 aliphatic carbocycles. The van der Waals surface area contributed by atoms with Gasteiger partial charge in [0.25, 0.3) is 0 Å². The van der Waals surface area contributed by atoms with Crippen LogP contribution >= 0.6 is 0 Å². The van der Waals surface area contributed by atoms with Crippen LogP contribution in [0.1, 0.15) is 33.5 Å². The molecule has 0 bridgehead atoms. The predicted octanol–water partition coefficient (Wildman–Crippen LogP) is 6.03. The molecule has 0 fully saturated rings. The minimum Gasteiger partial charge on any atom is -0.333 e. The van der Waals surface area contributed by atoms with E-state index in [9.17, 15) is 26.7 Å². The lowest BCUT2D eigenvalue weighted by Gasteiger charge is -2.27. The molecule has 0 spiro atoms. The molecule has 5 rings (SSSR count). The Hall–Kier alpha value is -4.56. The molecule has 6 nitrogen and oxygen atoms in total. The number of fused-ring (bicyclic) bond motifs is 3. The van der Waals surface area contributed by atoms with E-state index in [1.54, 1.807) is 24.3 Å². The van der Waals surface area contributed by atoms with Crippen molar-refractivity contribution in [3.8, 4) is 6.07 Å². The van der Waals surface area contributed by atoms with E-state index in [0.29, 0.717) is 59.3 Å². The molecule has 1 N–H and O–H groups in total. The molecule has 11 heteroatoms. The van der Waals surface area contributed by atoms with Gasteiger partial charge in [-0.1, -0.05) is 18.2 Å². The normalized spacial score (nSPS) is 13.9. The third-order valence-corrected chi connectivity index (χ3v) is 6.78. The standard InChI is InChI=1S/C29H22F5N5O/c30-24-12-18(3-4-20(24)15-35)2-1-10-38-11-8-26-23(17-38)22-14-21(29(32,33)34)5-6-25(22)39(26)28(40)37-16-19-7-9-36-27(31)13-19/h1-7,9,12-14H,8,10-11,16-17H2,(H,37,40). The zero-order valence-electron chi connectivity index (χ0n) is 21.0. The summed E-state index contributed by atoms with van der Waals surface area (Å²) < 4.78 is 69.4. The number of rotatable bonds is 5. The largest absolute Gasteiger partial charge is 0.416 e. The maximum Gasteiger partial charge on any atom is 0.416 e. The molecule has 3 heterocycles. The summed E-state index contributed by atoms with van der Waals surface area (Å²) in [5.41, 5.74) is 1.79. The summed E-state index contributed by atoms with van der Waals surface area (Å²) in [5.74, 6) is -1.30. The zero-order valence-corrected chi connectivity index (χ0v) is 21.0. The van der Waals surface area contributed by atoms with Crippen molar-refractivity contribution in [1.29, 1.82) is 5.26 Å². The number of carbonyl (C=O) groups excluding carboxylic acids is 1. The van der Waals surface area contributed by atoms with Gasteiger partial charge in [-0.3, -0.25) is 9.47 Å². The Bertz CT molecular complexity index is 1670. The van der Waals surface area contributed by atoms with Crippen LogP contribution in [-0.2, 0) is 25.7 Å². The summed E-state index contributed by atoms with van der Waals surface area (Å²) in [6, 6.07) is 11.6. The molecule has 40 heavy (non-hydrogen) atoms. The van der Waals surface area contributed by atoms with Crippen LogP contribution in [0.4, 0.5) is 26.7 Å². The van der Waals surface area contributed by atoms with Gasteiger partial charge in [0, 0.05) is 49.9 Å². The van der Waals surface area contributed by atoms with Gasteiger partial charge in [0.05, 0.1) is 16.6 Å². The highest BCUT2D eigenvalue weighted by molar-refractivity contribution is 5.96. The smallest absolute Gasteiger partial charge is 0.333 e. The summed E-state index contributed by atoms with van der Waals surface area (Å²) in [6.07, 6.45) is 0.655. The summed E-state index contributed by atoms with van der Waals surface area (Å²) in [6.45, 7) is 1.28. The number of carbonyl (C=O) groups is 1. The lowest BCUT2D eigenvalue weighted by Crippen LogP contribution is -2.34. The number of hydrogen-bond donors (Lipinski definition) is 1.